The molecule has 108 valence electrons. The number of hydrogen-bond acceptors (Lipinski definition) is 4. The monoisotopic (exact) mass is 283 g/mol. The van der Waals surface area contributed by atoms with Gasteiger partial charge in [-0.25, -0.2) is 4.79 Å². The minimum Gasteiger partial charge on any atom is -0.508 e. The van der Waals surface area contributed by atoms with Crippen LogP contribution in [0.2, 0.25) is 0 Å². The zero-order valence-electron chi connectivity index (χ0n) is 11.7. The maximum Gasteiger partial charge on any atom is 0.340 e. The predicted molar refractivity (Wildman–Crippen MR) is 82.8 cm³/mol. The van der Waals surface area contributed by atoms with Gasteiger partial charge in [-0.1, -0.05) is 36.4 Å². The van der Waals surface area contributed by atoms with Gasteiger partial charge in [0.05, 0.1) is 12.2 Å². The lowest BCUT2D eigenvalue weighted by molar-refractivity contribution is -0.136. The van der Waals surface area contributed by atoms with Gasteiger partial charge in [0.15, 0.2) is 0 Å². The Hall–Kier alpha value is -2.75. The quantitative estimate of drug-likeness (QED) is 0.652. The Labute approximate surface area is 123 Å². The van der Waals surface area contributed by atoms with Crippen LogP contribution in [0.15, 0.2) is 60.8 Å². The average molecular weight is 283 g/mol. The summed E-state index contributed by atoms with van der Waals surface area (Å²) in [6.45, 7) is 2.08. The van der Waals surface area contributed by atoms with Crippen LogP contribution < -0.4 is 5.32 Å². The fourth-order valence-corrected chi connectivity index (χ4v) is 1.84. The van der Waals surface area contributed by atoms with E-state index in [9.17, 15) is 9.90 Å². The highest BCUT2D eigenvalue weighted by atomic mass is 16.5. The third-order valence-corrected chi connectivity index (χ3v) is 2.81. The first-order chi connectivity index (χ1) is 10.2. The molecular formula is C17H17NO3. The van der Waals surface area contributed by atoms with Crippen molar-refractivity contribution < 1.29 is 14.6 Å². The fraction of sp³-hybridized carbons (Fsp3) is 0.118. The zero-order chi connectivity index (χ0) is 15.1. The Bertz CT molecular complexity index is 635. The maximum atomic E-state index is 12.1. The fourth-order valence-electron chi connectivity index (χ4n) is 1.84. The highest BCUT2D eigenvalue weighted by molar-refractivity contribution is 6.16. The SMILES string of the molecule is CCOC(=O)C(=CNc1cccc(O)c1)c1ccccc1. The molecule has 0 unspecified atom stereocenters. The lowest BCUT2D eigenvalue weighted by Gasteiger charge is -2.08. The van der Waals surface area contributed by atoms with Crippen molar-refractivity contribution in [1.29, 1.82) is 0 Å². The lowest BCUT2D eigenvalue weighted by atomic mass is 10.1. The third kappa shape index (κ3) is 4.11. The Morgan fingerprint density at radius 1 is 1.19 bits per heavy atom. The van der Waals surface area contributed by atoms with Gasteiger partial charge in [-0.15, -0.1) is 0 Å². The standard InChI is InChI=1S/C17H17NO3/c1-2-21-17(20)16(13-7-4-3-5-8-13)12-18-14-9-6-10-15(19)11-14/h3-12,18-19H,2H2,1H3. The third-order valence-electron chi connectivity index (χ3n) is 2.81. The van der Waals surface area contributed by atoms with Crippen LogP contribution in [0.5, 0.6) is 5.75 Å². The summed E-state index contributed by atoms with van der Waals surface area (Å²) in [6, 6.07) is 16.0. The molecule has 0 fully saturated rings. The number of benzene rings is 2. The molecule has 2 aromatic rings. The van der Waals surface area contributed by atoms with Gasteiger partial charge < -0.3 is 15.2 Å². The van der Waals surface area contributed by atoms with Crippen LogP contribution >= 0.6 is 0 Å². The second-order valence-corrected chi connectivity index (χ2v) is 4.34. The highest BCUT2D eigenvalue weighted by Gasteiger charge is 2.12. The summed E-state index contributed by atoms with van der Waals surface area (Å²) in [5, 5.41) is 12.4. The van der Waals surface area contributed by atoms with Crippen LogP contribution in [-0.2, 0) is 9.53 Å². The summed E-state index contributed by atoms with van der Waals surface area (Å²) >= 11 is 0. The van der Waals surface area contributed by atoms with Crippen molar-refractivity contribution in [3.8, 4) is 5.75 Å². The van der Waals surface area contributed by atoms with Crippen LogP contribution in [0.25, 0.3) is 5.57 Å². The second-order valence-electron chi connectivity index (χ2n) is 4.34. The molecule has 0 spiro atoms. The summed E-state index contributed by atoms with van der Waals surface area (Å²) in [6.07, 6.45) is 1.59. The molecule has 2 aromatic carbocycles. The minimum atomic E-state index is -0.392. The van der Waals surface area contributed by atoms with Gasteiger partial charge >= 0.3 is 5.97 Å². The van der Waals surface area contributed by atoms with Crippen molar-refractivity contribution in [3.05, 3.63) is 66.4 Å². The Kier molecular flexibility index (Phi) is 4.99. The van der Waals surface area contributed by atoms with Crippen LogP contribution in [-0.4, -0.2) is 17.7 Å². The van der Waals surface area contributed by atoms with E-state index in [1.54, 1.807) is 37.4 Å². The number of ether oxygens (including phenoxy) is 1. The van der Waals surface area contributed by atoms with Gasteiger partial charge in [0, 0.05) is 18.0 Å². The normalized spacial score (nSPS) is 11.0. The molecule has 0 radical (unpaired) electrons. The largest absolute Gasteiger partial charge is 0.508 e. The predicted octanol–water partition coefficient (Wildman–Crippen LogP) is 3.41. The molecule has 21 heavy (non-hydrogen) atoms. The van der Waals surface area contributed by atoms with Crippen molar-refractivity contribution >= 4 is 17.2 Å². The molecule has 0 atom stereocenters. The van der Waals surface area contributed by atoms with Gasteiger partial charge in [0.1, 0.15) is 5.75 Å². The molecule has 0 bridgehead atoms. The van der Waals surface area contributed by atoms with E-state index in [1.165, 1.54) is 0 Å². The van der Waals surface area contributed by atoms with E-state index in [4.69, 9.17) is 4.74 Å². The topological polar surface area (TPSA) is 58.6 Å². The van der Waals surface area contributed by atoms with Gasteiger partial charge in [-0.2, -0.15) is 0 Å². The summed E-state index contributed by atoms with van der Waals surface area (Å²) in [5.74, 6) is -0.234. The number of carbonyl (C=O) groups excluding carboxylic acids is 1. The Morgan fingerprint density at radius 3 is 2.62 bits per heavy atom. The molecule has 2 N–H and O–H groups in total. The van der Waals surface area contributed by atoms with E-state index in [1.807, 2.05) is 30.3 Å². The number of phenolic OH excluding ortho intramolecular Hbond substituents is 1. The Balaban J connectivity index is 2.27. The molecule has 2 rings (SSSR count). The molecule has 0 heterocycles. The molecule has 0 aliphatic carbocycles. The van der Waals surface area contributed by atoms with Crippen molar-refractivity contribution in [3.63, 3.8) is 0 Å². The van der Waals surface area contributed by atoms with E-state index in [0.29, 0.717) is 17.9 Å². The second kappa shape index (κ2) is 7.14. The minimum absolute atomic E-state index is 0.158. The summed E-state index contributed by atoms with van der Waals surface area (Å²) in [5.41, 5.74) is 1.89. The van der Waals surface area contributed by atoms with E-state index in [2.05, 4.69) is 5.32 Å². The summed E-state index contributed by atoms with van der Waals surface area (Å²) in [7, 11) is 0. The van der Waals surface area contributed by atoms with Crippen molar-refractivity contribution in [2.24, 2.45) is 0 Å². The molecule has 0 aromatic heterocycles. The van der Waals surface area contributed by atoms with E-state index < -0.39 is 5.97 Å². The van der Waals surface area contributed by atoms with E-state index in [0.717, 1.165) is 5.56 Å². The molecule has 0 saturated carbocycles. The molecule has 4 heteroatoms. The number of hydrogen-bond donors (Lipinski definition) is 2. The smallest absolute Gasteiger partial charge is 0.340 e. The van der Waals surface area contributed by atoms with Crippen LogP contribution in [0, 0.1) is 0 Å². The maximum absolute atomic E-state index is 12.1. The van der Waals surface area contributed by atoms with Gasteiger partial charge in [-0.3, -0.25) is 0 Å². The first-order valence-corrected chi connectivity index (χ1v) is 6.69. The molecule has 4 nitrogen and oxygen atoms in total. The first-order valence-electron chi connectivity index (χ1n) is 6.69. The number of nitrogens with one attached hydrogen (secondary N) is 1. The number of carbonyl (C=O) groups is 1. The van der Waals surface area contributed by atoms with Crippen molar-refractivity contribution in [1.82, 2.24) is 0 Å². The number of esters is 1. The molecule has 0 saturated heterocycles. The van der Waals surface area contributed by atoms with Crippen LogP contribution in [0.4, 0.5) is 5.69 Å². The van der Waals surface area contributed by atoms with Gasteiger partial charge in [0.25, 0.3) is 0 Å². The highest BCUT2D eigenvalue weighted by Crippen LogP contribution is 2.19. The molecule has 0 aliphatic rings. The summed E-state index contributed by atoms with van der Waals surface area (Å²) < 4.78 is 5.07. The van der Waals surface area contributed by atoms with E-state index in [-0.39, 0.29) is 5.75 Å². The molecule has 0 aliphatic heterocycles. The molecular weight excluding hydrogens is 266 g/mol. The van der Waals surface area contributed by atoms with Gasteiger partial charge in [0.2, 0.25) is 0 Å². The average Bonchev–Trinajstić information content (AvgIpc) is 2.49. The number of aromatic hydroxyl groups is 1. The Morgan fingerprint density at radius 2 is 1.95 bits per heavy atom. The first kappa shape index (κ1) is 14.7. The van der Waals surface area contributed by atoms with Crippen molar-refractivity contribution in [2.75, 3.05) is 11.9 Å². The van der Waals surface area contributed by atoms with Crippen LogP contribution in [0.1, 0.15) is 12.5 Å². The van der Waals surface area contributed by atoms with Crippen LogP contribution in [0.3, 0.4) is 0 Å². The molecule has 0 amide bonds. The lowest BCUT2D eigenvalue weighted by Crippen LogP contribution is -2.08. The number of phenols is 1. The number of anilines is 1. The van der Waals surface area contributed by atoms with Crippen molar-refractivity contribution in [2.45, 2.75) is 6.92 Å². The number of rotatable bonds is 5. The van der Waals surface area contributed by atoms with E-state index >= 15 is 0 Å². The summed E-state index contributed by atoms with van der Waals surface area (Å²) in [4.78, 5) is 12.1. The zero-order valence-corrected chi connectivity index (χ0v) is 11.7. The van der Waals surface area contributed by atoms with Gasteiger partial charge in [-0.05, 0) is 24.6 Å².